The molecule has 0 bridgehead atoms. The maximum atomic E-state index is 12.7. The molecule has 0 aliphatic carbocycles. The van der Waals surface area contributed by atoms with E-state index in [0.717, 1.165) is 6.08 Å². The molecule has 9 heteroatoms. The van der Waals surface area contributed by atoms with E-state index < -0.39 is 24.3 Å². The van der Waals surface area contributed by atoms with E-state index in [1.165, 1.54) is 6.08 Å². The van der Waals surface area contributed by atoms with Gasteiger partial charge in [0.05, 0.1) is 24.3 Å². The van der Waals surface area contributed by atoms with E-state index in [4.69, 9.17) is 29.7 Å². The largest absolute Gasteiger partial charge is 0.491 e. The van der Waals surface area contributed by atoms with E-state index in [-0.39, 0.29) is 13.2 Å². The highest BCUT2D eigenvalue weighted by Gasteiger charge is 2.27. The second-order valence-electron chi connectivity index (χ2n) is 7.09. The Bertz CT molecular complexity index is 982. The Morgan fingerprint density at radius 3 is 2.44 bits per heavy atom. The quantitative estimate of drug-likeness (QED) is 0.374. The molecule has 0 saturated carbocycles. The Kier molecular flexibility index (Phi) is 11.1. The number of nitrogens with one attached hydrogen (secondary N) is 1. The van der Waals surface area contributed by atoms with Crippen molar-refractivity contribution in [1.82, 2.24) is 0 Å². The first-order valence-corrected chi connectivity index (χ1v) is 10.8. The molecule has 1 amide bonds. The molecular formula is C25H28N2O7. The molecule has 0 saturated heterocycles. The van der Waals surface area contributed by atoms with Gasteiger partial charge in [-0.1, -0.05) is 18.2 Å². The van der Waals surface area contributed by atoms with Crippen LogP contribution in [-0.2, 0) is 14.3 Å². The van der Waals surface area contributed by atoms with Crippen LogP contribution in [0.15, 0.2) is 60.7 Å². The number of aliphatic carboxylic acids is 1. The van der Waals surface area contributed by atoms with Crippen LogP contribution in [0, 0.1) is 11.3 Å². The van der Waals surface area contributed by atoms with Gasteiger partial charge in [-0.3, -0.25) is 5.32 Å². The van der Waals surface area contributed by atoms with Crippen molar-refractivity contribution in [3.8, 4) is 11.8 Å². The number of aliphatic hydroxyl groups is 1. The number of ether oxygens (including phenoxy) is 3. The molecule has 0 fully saturated rings. The predicted octanol–water partition coefficient (Wildman–Crippen LogP) is 4.05. The number of anilines is 1. The molecule has 2 aromatic carbocycles. The third-order valence-electron chi connectivity index (χ3n) is 4.66. The molecule has 0 radical (unpaired) electrons. The molecule has 34 heavy (non-hydrogen) atoms. The number of nitriles is 1. The zero-order chi connectivity index (χ0) is 24.8. The number of carboxylic acid groups (broad SMARTS) is 1. The fourth-order valence-corrected chi connectivity index (χ4v) is 3.15. The van der Waals surface area contributed by atoms with Gasteiger partial charge in [0.15, 0.2) is 6.10 Å². The van der Waals surface area contributed by atoms with Crippen molar-refractivity contribution in [3.05, 3.63) is 71.8 Å². The summed E-state index contributed by atoms with van der Waals surface area (Å²) in [6.07, 6.45) is 1.36. The third-order valence-corrected chi connectivity index (χ3v) is 4.66. The Hall–Kier alpha value is -3.87. The van der Waals surface area contributed by atoms with Gasteiger partial charge in [0, 0.05) is 18.4 Å². The monoisotopic (exact) mass is 468 g/mol. The molecule has 2 rings (SSSR count). The van der Waals surface area contributed by atoms with Gasteiger partial charge in [0.1, 0.15) is 12.4 Å². The molecule has 0 aliphatic rings. The summed E-state index contributed by atoms with van der Waals surface area (Å²) in [4.78, 5) is 23.4. The van der Waals surface area contributed by atoms with E-state index in [9.17, 15) is 9.59 Å². The number of benzene rings is 2. The van der Waals surface area contributed by atoms with E-state index in [2.05, 4.69) is 5.32 Å². The van der Waals surface area contributed by atoms with Gasteiger partial charge in [-0.05, 0) is 61.7 Å². The summed E-state index contributed by atoms with van der Waals surface area (Å²) in [7, 11) is 0. The van der Waals surface area contributed by atoms with Crippen LogP contribution >= 0.6 is 0 Å². The van der Waals surface area contributed by atoms with Crippen LogP contribution in [0.1, 0.15) is 37.0 Å². The van der Waals surface area contributed by atoms with E-state index in [0.29, 0.717) is 42.0 Å². The second kappa shape index (κ2) is 14.3. The molecule has 9 nitrogen and oxygen atoms in total. The van der Waals surface area contributed by atoms with Crippen LogP contribution in [-0.4, -0.2) is 48.2 Å². The number of aliphatic hydroxyl groups excluding tert-OH is 1. The highest BCUT2D eigenvalue weighted by atomic mass is 16.6. The van der Waals surface area contributed by atoms with Gasteiger partial charge < -0.3 is 24.4 Å². The summed E-state index contributed by atoms with van der Waals surface area (Å²) in [6, 6.07) is 15.2. The number of carbonyl (C=O) groups is 2. The molecule has 0 aliphatic heterocycles. The van der Waals surface area contributed by atoms with Crippen molar-refractivity contribution >= 4 is 17.7 Å². The summed E-state index contributed by atoms with van der Waals surface area (Å²) in [6.45, 7) is 2.23. The Morgan fingerprint density at radius 1 is 1.15 bits per heavy atom. The van der Waals surface area contributed by atoms with Crippen LogP contribution in [0.4, 0.5) is 10.5 Å². The highest BCUT2D eigenvalue weighted by molar-refractivity contribution is 5.84. The Balaban J connectivity index is 2.21. The first kappa shape index (κ1) is 26.4. The van der Waals surface area contributed by atoms with Gasteiger partial charge in [-0.15, -0.1) is 0 Å². The van der Waals surface area contributed by atoms with Gasteiger partial charge in [0.25, 0.3) is 0 Å². The molecule has 2 aromatic rings. The average Bonchev–Trinajstić information content (AvgIpc) is 2.84. The fraction of sp³-hybridized carbons (Fsp3) is 0.320. The molecule has 0 unspecified atom stereocenters. The van der Waals surface area contributed by atoms with Crippen molar-refractivity contribution in [2.24, 2.45) is 0 Å². The van der Waals surface area contributed by atoms with E-state index >= 15 is 0 Å². The number of allylic oxidation sites excluding steroid dienone is 1. The minimum absolute atomic E-state index is 0.112. The highest BCUT2D eigenvalue weighted by Crippen LogP contribution is 2.29. The summed E-state index contributed by atoms with van der Waals surface area (Å²) in [5, 5.41) is 29.3. The molecule has 0 heterocycles. The normalized spacial score (nSPS) is 12.5. The Labute approximate surface area is 198 Å². The van der Waals surface area contributed by atoms with Crippen molar-refractivity contribution in [2.45, 2.75) is 32.0 Å². The lowest BCUT2D eigenvalue weighted by atomic mass is 10.00. The predicted molar refractivity (Wildman–Crippen MR) is 124 cm³/mol. The molecular weight excluding hydrogens is 440 g/mol. The van der Waals surface area contributed by atoms with Gasteiger partial charge >= 0.3 is 12.1 Å². The lowest BCUT2D eigenvalue weighted by Crippen LogP contribution is -2.29. The average molecular weight is 469 g/mol. The van der Waals surface area contributed by atoms with Crippen LogP contribution in [0.3, 0.4) is 0 Å². The molecule has 0 spiro atoms. The first-order chi connectivity index (χ1) is 16.5. The van der Waals surface area contributed by atoms with Crippen LogP contribution in [0.25, 0.3) is 0 Å². The number of carbonyl (C=O) groups excluding carboxylic acids is 1. The van der Waals surface area contributed by atoms with Gasteiger partial charge in [-0.2, -0.15) is 5.26 Å². The number of hydrogen-bond acceptors (Lipinski definition) is 7. The smallest absolute Gasteiger partial charge is 0.412 e. The molecule has 180 valence electrons. The zero-order valence-electron chi connectivity index (χ0n) is 18.8. The summed E-state index contributed by atoms with van der Waals surface area (Å²) >= 11 is 0. The summed E-state index contributed by atoms with van der Waals surface area (Å²) in [5.74, 6) is -0.489. The van der Waals surface area contributed by atoms with Crippen LogP contribution in [0.5, 0.6) is 5.75 Å². The minimum atomic E-state index is -1.04. The molecule has 0 aromatic heterocycles. The lowest BCUT2D eigenvalue weighted by molar-refractivity contribution is -0.131. The van der Waals surface area contributed by atoms with Crippen molar-refractivity contribution in [2.75, 3.05) is 25.1 Å². The third kappa shape index (κ3) is 8.94. The van der Waals surface area contributed by atoms with Crippen molar-refractivity contribution in [1.29, 1.82) is 5.26 Å². The molecule has 3 N–H and O–H groups in total. The maximum absolute atomic E-state index is 12.7. The van der Waals surface area contributed by atoms with Crippen LogP contribution in [0.2, 0.25) is 0 Å². The van der Waals surface area contributed by atoms with E-state index in [1.54, 1.807) is 48.5 Å². The van der Waals surface area contributed by atoms with Crippen molar-refractivity contribution in [3.63, 3.8) is 0 Å². The van der Waals surface area contributed by atoms with Gasteiger partial charge in [-0.25, -0.2) is 9.59 Å². The minimum Gasteiger partial charge on any atom is -0.491 e. The topological polar surface area (TPSA) is 138 Å². The SMILES string of the molecule is CCO[C@@H](CC/C=C/C(=O)O)[C@@H](OC(=O)Nc1ccc(C#N)cc1)c1ccc(OCCO)cc1. The Morgan fingerprint density at radius 2 is 1.85 bits per heavy atom. The van der Waals surface area contributed by atoms with Crippen molar-refractivity contribution < 1.29 is 34.0 Å². The number of nitrogens with zero attached hydrogens (tertiary/aromatic N) is 1. The van der Waals surface area contributed by atoms with Gasteiger partial charge in [0.2, 0.25) is 0 Å². The number of rotatable bonds is 13. The number of amides is 1. The van der Waals surface area contributed by atoms with E-state index in [1.807, 2.05) is 13.0 Å². The number of carboxylic acids is 1. The summed E-state index contributed by atoms with van der Waals surface area (Å²) < 4.78 is 17.0. The van der Waals surface area contributed by atoms with Crippen LogP contribution < -0.4 is 10.1 Å². The summed E-state index contributed by atoms with van der Waals surface area (Å²) in [5.41, 5.74) is 1.59. The maximum Gasteiger partial charge on any atom is 0.412 e. The zero-order valence-corrected chi connectivity index (χ0v) is 18.8. The standard InChI is InChI=1S/C25H28N2O7/c1-2-32-22(5-3-4-6-23(29)30)24(19-9-13-21(14-10-19)33-16-15-28)34-25(31)27-20-11-7-18(17-26)8-12-20/h4,6-14,22,24,28H,2-3,5,15-16H2,1H3,(H,27,31)(H,29,30)/b6-4+/t22-,24-/m0/s1. The molecule has 2 atom stereocenters. The number of hydrogen-bond donors (Lipinski definition) is 3. The fourth-order valence-electron chi connectivity index (χ4n) is 3.15. The first-order valence-electron chi connectivity index (χ1n) is 10.8. The lowest BCUT2D eigenvalue weighted by Gasteiger charge is -2.27. The second-order valence-corrected chi connectivity index (χ2v) is 7.09.